The predicted molar refractivity (Wildman–Crippen MR) is 107 cm³/mol. The summed E-state index contributed by atoms with van der Waals surface area (Å²) in [6.07, 6.45) is 0.800. The summed E-state index contributed by atoms with van der Waals surface area (Å²) in [5.41, 5.74) is 2.96. The van der Waals surface area contributed by atoms with Crippen LogP contribution in [0.1, 0.15) is 56.3 Å². The zero-order valence-corrected chi connectivity index (χ0v) is 16.8. The molecule has 0 unspecified atom stereocenters. The van der Waals surface area contributed by atoms with Crippen molar-refractivity contribution in [1.82, 2.24) is 5.32 Å². The smallest absolute Gasteiger partial charge is 0.261 e. The van der Waals surface area contributed by atoms with E-state index in [1.54, 1.807) is 0 Å². The molecule has 4 heteroatoms. The van der Waals surface area contributed by atoms with Gasteiger partial charge in [-0.25, -0.2) is 0 Å². The minimum absolute atomic E-state index is 0.0887. The molecule has 1 aliphatic heterocycles. The van der Waals surface area contributed by atoms with Crippen molar-refractivity contribution in [1.29, 1.82) is 0 Å². The van der Waals surface area contributed by atoms with Gasteiger partial charge in [0.25, 0.3) is 5.91 Å². The van der Waals surface area contributed by atoms with Gasteiger partial charge in [0.15, 0.2) is 6.10 Å². The molecule has 1 N–H and O–H groups in total. The lowest BCUT2D eigenvalue weighted by atomic mass is 9.88. The highest BCUT2D eigenvalue weighted by Crippen LogP contribution is 2.40. The van der Waals surface area contributed by atoms with Crippen molar-refractivity contribution in [2.24, 2.45) is 0 Å². The van der Waals surface area contributed by atoms with Crippen LogP contribution in [0.5, 0.6) is 11.5 Å². The van der Waals surface area contributed by atoms with Crippen molar-refractivity contribution < 1.29 is 14.3 Å². The van der Waals surface area contributed by atoms with Crippen LogP contribution in [0.4, 0.5) is 0 Å². The second-order valence-corrected chi connectivity index (χ2v) is 8.00. The van der Waals surface area contributed by atoms with E-state index >= 15 is 0 Å². The minimum atomic E-state index is -0.522. The van der Waals surface area contributed by atoms with Crippen LogP contribution < -0.4 is 14.8 Å². The molecule has 4 nitrogen and oxygen atoms in total. The van der Waals surface area contributed by atoms with Gasteiger partial charge in [0, 0.05) is 12.0 Å². The van der Waals surface area contributed by atoms with Crippen molar-refractivity contribution in [3.8, 4) is 11.5 Å². The van der Waals surface area contributed by atoms with Crippen LogP contribution in [0.2, 0.25) is 0 Å². The van der Waals surface area contributed by atoms with Gasteiger partial charge in [-0.1, -0.05) is 36.8 Å². The highest BCUT2D eigenvalue weighted by Gasteiger charge is 2.35. The maximum atomic E-state index is 13.0. The average molecular weight is 367 g/mol. The van der Waals surface area contributed by atoms with Gasteiger partial charge in [-0.2, -0.15) is 0 Å². The molecular formula is C23H29NO3. The first-order valence-corrected chi connectivity index (χ1v) is 9.60. The molecule has 1 heterocycles. The number of aryl methyl sites for hydroxylation is 2. The quantitative estimate of drug-likeness (QED) is 0.819. The molecule has 3 rings (SSSR count). The van der Waals surface area contributed by atoms with Crippen LogP contribution in [0.15, 0.2) is 42.5 Å². The third-order valence-corrected chi connectivity index (χ3v) is 4.87. The summed E-state index contributed by atoms with van der Waals surface area (Å²) in [6, 6.07) is 13.8. The van der Waals surface area contributed by atoms with Crippen molar-refractivity contribution in [3.05, 3.63) is 59.2 Å². The molecule has 0 saturated heterocycles. The van der Waals surface area contributed by atoms with Crippen LogP contribution in [0, 0.1) is 13.8 Å². The van der Waals surface area contributed by atoms with Gasteiger partial charge < -0.3 is 14.8 Å². The van der Waals surface area contributed by atoms with Crippen molar-refractivity contribution in [2.45, 2.75) is 65.2 Å². The molecule has 144 valence electrons. The van der Waals surface area contributed by atoms with Crippen LogP contribution in [-0.4, -0.2) is 17.6 Å². The molecular weight excluding hydrogens is 338 g/mol. The molecule has 1 amide bonds. The van der Waals surface area contributed by atoms with Crippen molar-refractivity contribution in [3.63, 3.8) is 0 Å². The number of carbonyl (C=O) groups excluding carboxylic acids is 1. The monoisotopic (exact) mass is 367 g/mol. The minimum Gasteiger partial charge on any atom is -0.487 e. The van der Waals surface area contributed by atoms with E-state index in [9.17, 15) is 4.79 Å². The van der Waals surface area contributed by atoms with Crippen LogP contribution in [-0.2, 0) is 4.79 Å². The molecule has 2 aromatic carbocycles. The summed E-state index contributed by atoms with van der Waals surface area (Å²) in [4.78, 5) is 13.0. The number of hydrogen-bond donors (Lipinski definition) is 1. The lowest BCUT2D eigenvalue weighted by Gasteiger charge is -2.38. The van der Waals surface area contributed by atoms with Gasteiger partial charge >= 0.3 is 0 Å². The molecule has 0 aliphatic carbocycles. The Morgan fingerprint density at radius 3 is 2.67 bits per heavy atom. The fourth-order valence-corrected chi connectivity index (χ4v) is 3.54. The molecule has 0 aromatic heterocycles. The Kier molecular flexibility index (Phi) is 5.45. The molecule has 2 atom stereocenters. The maximum absolute atomic E-state index is 13.0. The van der Waals surface area contributed by atoms with Crippen molar-refractivity contribution >= 4 is 5.91 Å². The first kappa shape index (κ1) is 19.3. The van der Waals surface area contributed by atoms with E-state index in [1.165, 1.54) is 0 Å². The lowest BCUT2D eigenvalue weighted by Crippen LogP contribution is -2.45. The average Bonchev–Trinajstić information content (AvgIpc) is 2.59. The summed E-state index contributed by atoms with van der Waals surface area (Å²) in [7, 11) is 0. The third kappa shape index (κ3) is 4.62. The Balaban J connectivity index is 1.78. The third-order valence-electron chi connectivity index (χ3n) is 4.87. The maximum Gasteiger partial charge on any atom is 0.261 e. The van der Waals surface area contributed by atoms with E-state index in [0.29, 0.717) is 6.42 Å². The summed E-state index contributed by atoms with van der Waals surface area (Å²) >= 11 is 0. The van der Waals surface area contributed by atoms with Crippen LogP contribution in [0.25, 0.3) is 0 Å². The molecule has 2 aromatic rings. The fraction of sp³-hybridized carbons (Fsp3) is 0.435. The van der Waals surface area contributed by atoms with E-state index in [0.717, 1.165) is 34.6 Å². The van der Waals surface area contributed by atoms with E-state index in [2.05, 4.69) is 32.2 Å². The second kappa shape index (κ2) is 7.63. The Morgan fingerprint density at radius 1 is 1.22 bits per heavy atom. The molecule has 27 heavy (non-hydrogen) atoms. The summed E-state index contributed by atoms with van der Waals surface area (Å²) in [5.74, 6) is 1.48. The number of fused-ring (bicyclic) bond motifs is 1. The zero-order chi connectivity index (χ0) is 19.6. The Labute approximate surface area is 161 Å². The van der Waals surface area contributed by atoms with E-state index in [1.807, 2.05) is 50.2 Å². The number of amides is 1. The number of rotatable bonds is 5. The van der Waals surface area contributed by atoms with Crippen LogP contribution >= 0.6 is 0 Å². The van der Waals surface area contributed by atoms with E-state index in [-0.39, 0.29) is 17.6 Å². The van der Waals surface area contributed by atoms with Gasteiger partial charge in [0.05, 0.1) is 6.04 Å². The predicted octanol–water partition coefficient (Wildman–Crippen LogP) is 4.88. The summed E-state index contributed by atoms with van der Waals surface area (Å²) in [6.45, 7) is 10.1. The largest absolute Gasteiger partial charge is 0.487 e. The fourth-order valence-electron chi connectivity index (χ4n) is 3.54. The standard InChI is InChI=1S/C23H29NO3/c1-6-20(26-17-9-7-8-15(2)12-17)22(25)24-19-14-23(4,5)27-21-11-10-16(3)13-18(19)21/h7-13,19-20H,6,14H2,1-5H3,(H,24,25)/t19-,20+/m0/s1. The van der Waals surface area contributed by atoms with Gasteiger partial charge in [-0.15, -0.1) is 0 Å². The number of nitrogens with one attached hydrogen (secondary N) is 1. The molecule has 0 fully saturated rings. The summed E-state index contributed by atoms with van der Waals surface area (Å²) < 4.78 is 12.1. The van der Waals surface area contributed by atoms with E-state index < -0.39 is 6.10 Å². The number of ether oxygens (including phenoxy) is 2. The first-order chi connectivity index (χ1) is 12.8. The van der Waals surface area contributed by atoms with E-state index in [4.69, 9.17) is 9.47 Å². The van der Waals surface area contributed by atoms with Gasteiger partial charge in [-0.3, -0.25) is 4.79 Å². The Bertz CT molecular complexity index is 828. The molecule has 0 radical (unpaired) electrons. The molecule has 0 spiro atoms. The molecule has 0 bridgehead atoms. The lowest BCUT2D eigenvalue weighted by molar-refractivity contribution is -0.129. The van der Waals surface area contributed by atoms with Gasteiger partial charge in [-0.05, 0) is 57.9 Å². The second-order valence-electron chi connectivity index (χ2n) is 8.00. The SMILES string of the molecule is CC[C@@H](Oc1cccc(C)c1)C(=O)N[C@H]1CC(C)(C)Oc2ccc(C)cc21. The highest BCUT2D eigenvalue weighted by molar-refractivity contribution is 5.81. The summed E-state index contributed by atoms with van der Waals surface area (Å²) in [5, 5.41) is 3.20. The molecule has 1 aliphatic rings. The van der Waals surface area contributed by atoms with Gasteiger partial charge in [0.1, 0.15) is 17.1 Å². The normalized spacial score (nSPS) is 18.8. The Morgan fingerprint density at radius 2 is 1.96 bits per heavy atom. The number of carbonyl (C=O) groups is 1. The first-order valence-electron chi connectivity index (χ1n) is 9.60. The topological polar surface area (TPSA) is 47.6 Å². The Hall–Kier alpha value is -2.49. The highest BCUT2D eigenvalue weighted by atomic mass is 16.5. The number of hydrogen-bond acceptors (Lipinski definition) is 3. The number of benzene rings is 2. The van der Waals surface area contributed by atoms with Crippen LogP contribution in [0.3, 0.4) is 0 Å². The van der Waals surface area contributed by atoms with Gasteiger partial charge in [0.2, 0.25) is 0 Å². The molecule has 0 saturated carbocycles. The van der Waals surface area contributed by atoms with Crippen molar-refractivity contribution in [2.75, 3.05) is 0 Å². The zero-order valence-electron chi connectivity index (χ0n) is 16.8.